The number of carbonyl (C=O) groups is 1. The van der Waals surface area contributed by atoms with Gasteiger partial charge in [-0.2, -0.15) is 4.31 Å². The van der Waals surface area contributed by atoms with Gasteiger partial charge in [0, 0.05) is 18.7 Å². The summed E-state index contributed by atoms with van der Waals surface area (Å²) >= 11 is 12.1. The van der Waals surface area contributed by atoms with Gasteiger partial charge in [-0.25, -0.2) is 8.42 Å². The summed E-state index contributed by atoms with van der Waals surface area (Å²) in [6.45, 7) is 1.10. The van der Waals surface area contributed by atoms with Gasteiger partial charge in [-0.15, -0.1) is 0 Å². The van der Waals surface area contributed by atoms with E-state index in [1.165, 1.54) is 28.6 Å². The molecule has 1 saturated heterocycles. The van der Waals surface area contributed by atoms with E-state index in [2.05, 4.69) is 5.32 Å². The maximum Gasteiger partial charge on any atom is 0.243 e. The molecule has 1 N–H and O–H groups in total. The third-order valence-electron chi connectivity index (χ3n) is 4.52. The minimum absolute atomic E-state index is 0.00166. The van der Waals surface area contributed by atoms with Crippen LogP contribution in [-0.2, 0) is 10.0 Å². The van der Waals surface area contributed by atoms with Gasteiger partial charge in [0.25, 0.3) is 0 Å². The highest BCUT2D eigenvalue weighted by Gasteiger charge is 2.25. The van der Waals surface area contributed by atoms with Crippen molar-refractivity contribution in [2.45, 2.75) is 24.2 Å². The van der Waals surface area contributed by atoms with Crippen LogP contribution in [-0.4, -0.2) is 38.1 Å². The normalized spacial score (nSPS) is 15.5. The van der Waals surface area contributed by atoms with Gasteiger partial charge >= 0.3 is 0 Å². The molecule has 3 rings (SSSR count). The van der Waals surface area contributed by atoms with Crippen LogP contribution in [0.25, 0.3) is 0 Å². The molecule has 27 heavy (non-hydrogen) atoms. The highest BCUT2D eigenvalue weighted by atomic mass is 35.5. The van der Waals surface area contributed by atoms with Crippen molar-refractivity contribution in [1.29, 1.82) is 0 Å². The molecule has 2 aromatic carbocycles. The van der Waals surface area contributed by atoms with Crippen LogP contribution in [0.3, 0.4) is 0 Å². The SMILES string of the molecule is O=C(CNc1c(Cl)cccc1Cl)c1ccc(S(=O)(=O)N2CCCCC2)cc1. The second-order valence-electron chi connectivity index (χ2n) is 6.36. The summed E-state index contributed by atoms with van der Waals surface area (Å²) < 4.78 is 26.8. The van der Waals surface area contributed by atoms with Crippen LogP contribution in [0.2, 0.25) is 10.0 Å². The average molecular weight is 427 g/mol. The van der Waals surface area contributed by atoms with E-state index in [-0.39, 0.29) is 17.2 Å². The Morgan fingerprint density at radius 3 is 2.15 bits per heavy atom. The van der Waals surface area contributed by atoms with E-state index in [4.69, 9.17) is 23.2 Å². The number of halogens is 2. The lowest BCUT2D eigenvalue weighted by atomic mass is 10.1. The molecule has 5 nitrogen and oxygen atoms in total. The topological polar surface area (TPSA) is 66.5 Å². The van der Waals surface area contributed by atoms with Crippen molar-refractivity contribution in [3.63, 3.8) is 0 Å². The Morgan fingerprint density at radius 2 is 1.56 bits per heavy atom. The molecule has 1 fully saturated rings. The zero-order valence-corrected chi connectivity index (χ0v) is 16.9. The van der Waals surface area contributed by atoms with Gasteiger partial charge in [0.1, 0.15) is 0 Å². The predicted octanol–water partition coefficient (Wildman–Crippen LogP) is 4.46. The number of rotatable bonds is 6. The maximum atomic E-state index is 12.7. The summed E-state index contributed by atoms with van der Waals surface area (Å²) in [7, 11) is -3.50. The van der Waals surface area contributed by atoms with Gasteiger partial charge in [0.2, 0.25) is 10.0 Å². The molecule has 0 spiro atoms. The smallest absolute Gasteiger partial charge is 0.243 e. The second kappa shape index (κ2) is 8.61. The fourth-order valence-electron chi connectivity index (χ4n) is 3.00. The average Bonchev–Trinajstić information content (AvgIpc) is 2.68. The number of para-hydroxylation sites is 1. The minimum atomic E-state index is -3.50. The number of nitrogens with one attached hydrogen (secondary N) is 1. The second-order valence-corrected chi connectivity index (χ2v) is 9.11. The van der Waals surface area contributed by atoms with Crippen LogP contribution in [0.1, 0.15) is 29.6 Å². The van der Waals surface area contributed by atoms with Crippen LogP contribution in [0.15, 0.2) is 47.4 Å². The monoisotopic (exact) mass is 426 g/mol. The number of nitrogens with zero attached hydrogens (tertiary/aromatic N) is 1. The van der Waals surface area contributed by atoms with Crippen molar-refractivity contribution in [2.75, 3.05) is 25.0 Å². The van der Waals surface area contributed by atoms with Crippen LogP contribution < -0.4 is 5.32 Å². The first kappa shape index (κ1) is 20.1. The Labute approximate surface area is 169 Å². The number of carbonyl (C=O) groups excluding carboxylic acids is 1. The zero-order chi connectivity index (χ0) is 19.4. The molecule has 0 radical (unpaired) electrons. The van der Waals surface area contributed by atoms with Crippen molar-refractivity contribution in [3.8, 4) is 0 Å². The molecule has 1 aliphatic rings. The number of Topliss-reactive ketones (excluding diaryl/α,β-unsaturated/α-hetero) is 1. The maximum absolute atomic E-state index is 12.7. The van der Waals surface area contributed by atoms with Crippen LogP contribution in [0.5, 0.6) is 0 Å². The summed E-state index contributed by atoms with van der Waals surface area (Å²) in [5, 5.41) is 3.79. The van der Waals surface area contributed by atoms with E-state index in [9.17, 15) is 13.2 Å². The van der Waals surface area contributed by atoms with Gasteiger partial charge < -0.3 is 5.32 Å². The van der Waals surface area contributed by atoms with Crippen molar-refractivity contribution < 1.29 is 13.2 Å². The lowest BCUT2D eigenvalue weighted by molar-refractivity contribution is 0.101. The van der Waals surface area contributed by atoms with Gasteiger partial charge in [-0.3, -0.25) is 4.79 Å². The summed E-state index contributed by atoms with van der Waals surface area (Å²) in [6.07, 6.45) is 2.82. The summed E-state index contributed by atoms with van der Waals surface area (Å²) in [6, 6.07) is 11.1. The predicted molar refractivity (Wildman–Crippen MR) is 108 cm³/mol. The third kappa shape index (κ3) is 4.63. The minimum Gasteiger partial charge on any atom is -0.375 e. The molecule has 0 aromatic heterocycles. The molecular formula is C19H20Cl2N2O3S. The lowest BCUT2D eigenvalue weighted by Gasteiger charge is -2.25. The molecule has 0 saturated carbocycles. The van der Waals surface area contributed by atoms with E-state index in [1.807, 2.05) is 0 Å². The highest BCUT2D eigenvalue weighted by molar-refractivity contribution is 7.89. The number of piperidine rings is 1. The molecule has 8 heteroatoms. The van der Waals surface area contributed by atoms with Gasteiger partial charge in [0.05, 0.1) is 27.2 Å². The number of benzene rings is 2. The van der Waals surface area contributed by atoms with Crippen molar-refractivity contribution >= 4 is 44.7 Å². The summed E-state index contributed by atoms with van der Waals surface area (Å²) in [4.78, 5) is 12.6. The molecule has 2 aromatic rings. The molecule has 1 aliphatic heterocycles. The Kier molecular flexibility index (Phi) is 6.42. The number of sulfonamides is 1. The standard InChI is InChI=1S/C19H20Cl2N2O3S/c20-16-5-4-6-17(21)19(16)22-13-18(24)14-7-9-15(10-8-14)27(25,26)23-11-2-1-3-12-23/h4-10,22H,1-3,11-13H2. The highest BCUT2D eigenvalue weighted by Crippen LogP contribution is 2.29. The van der Waals surface area contributed by atoms with E-state index in [0.717, 1.165) is 19.3 Å². The molecule has 0 bridgehead atoms. The fraction of sp³-hybridized carbons (Fsp3) is 0.316. The number of anilines is 1. The molecule has 0 aliphatic carbocycles. The Balaban J connectivity index is 1.68. The largest absolute Gasteiger partial charge is 0.375 e. The number of hydrogen-bond acceptors (Lipinski definition) is 4. The van der Waals surface area contributed by atoms with Crippen molar-refractivity contribution in [3.05, 3.63) is 58.1 Å². The van der Waals surface area contributed by atoms with Gasteiger partial charge in [-0.05, 0) is 49.2 Å². The van der Waals surface area contributed by atoms with Crippen molar-refractivity contribution in [1.82, 2.24) is 4.31 Å². The zero-order valence-electron chi connectivity index (χ0n) is 14.6. The van der Waals surface area contributed by atoms with Gasteiger partial charge in [0.15, 0.2) is 5.78 Å². The quantitative estimate of drug-likeness (QED) is 0.692. The Bertz CT molecular complexity index is 904. The first-order valence-electron chi connectivity index (χ1n) is 8.71. The van der Waals surface area contributed by atoms with Crippen LogP contribution in [0.4, 0.5) is 5.69 Å². The first-order valence-corrected chi connectivity index (χ1v) is 10.9. The van der Waals surface area contributed by atoms with E-state index in [0.29, 0.717) is 34.4 Å². The molecule has 0 unspecified atom stereocenters. The molecule has 144 valence electrons. The van der Waals surface area contributed by atoms with E-state index >= 15 is 0 Å². The van der Waals surface area contributed by atoms with Gasteiger partial charge in [-0.1, -0.05) is 35.7 Å². The lowest BCUT2D eigenvalue weighted by Crippen LogP contribution is -2.35. The fourth-order valence-corrected chi connectivity index (χ4v) is 5.05. The molecule has 0 atom stereocenters. The third-order valence-corrected chi connectivity index (χ3v) is 7.06. The summed E-state index contributed by atoms with van der Waals surface area (Å²) in [5.74, 6) is -0.187. The van der Waals surface area contributed by atoms with E-state index in [1.54, 1.807) is 18.2 Å². The van der Waals surface area contributed by atoms with E-state index < -0.39 is 10.0 Å². The van der Waals surface area contributed by atoms with Crippen LogP contribution >= 0.6 is 23.2 Å². The number of ketones is 1. The Morgan fingerprint density at radius 1 is 0.963 bits per heavy atom. The molecule has 1 heterocycles. The first-order chi connectivity index (χ1) is 12.9. The molecular weight excluding hydrogens is 407 g/mol. The van der Waals surface area contributed by atoms with Crippen LogP contribution in [0, 0.1) is 0 Å². The molecule has 0 amide bonds. The number of hydrogen-bond donors (Lipinski definition) is 1. The van der Waals surface area contributed by atoms with Crippen molar-refractivity contribution in [2.24, 2.45) is 0 Å². The Hall–Kier alpha value is -1.60. The summed E-state index contributed by atoms with van der Waals surface area (Å²) in [5.41, 5.74) is 0.918.